The summed E-state index contributed by atoms with van der Waals surface area (Å²) in [6.07, 6.45) is 6.27. The molecule has 238 valence electrons. The molecule has 3 heterocycles. The number of ether oxygens (including phenoxy) is 2. The molecule has 3 fully saturated rings. The molecule has 9 nitrogen and oxygen atoms in total. The monoisotopic (exact) mass is 620 g/mol. The van der Waals surface area contributed by atoms with Gasteiger partial charge in [-0.25, -0.2) is 18.7 Å². The second-order valence-corrected chi connectivity index (χ2v) is 12.4. The topological polar surface area (TPSA) is 105 Å². The van der Waals surface area contributed by atoms with Gasteiger partial charge in [0, 0.05) is 50.5 Å². The fourth-order valence-electron chi connectivity index (χ4n) is 6.50. The normalized spacial score (nSPS) is 19.0. The van der Waals surface area contributed by atoms with Crippen molar-refractivity contribution in [2.45, 2.75) is 62.8 Å². The lowest BCUT2D eigenvalue weighted by atomic mass is 9.86. The fraction of sp³-hybridized carbons (Fsp3) is 0.471. The molecule has 1 amide bonds. The van der Waals surface area contributed by atoms with Crippen LogP contribution >= 0.6 is 0 Å². The largest absolute Gasteiger partial charge is 0.497 e. The molecule has 1 saturated heterocycles. The molecule has 1 atom stereocenters. The zero-order valence-electron chi connectivity index (χ0n) is 25.3. The maximum Gasteiger partial charge on any atom is 0.303 e. The van der Waals surface area contributed by atoms with Crippen LogP contribution in [-0.2, 0) is 4.79 Å². The van der Waals surface area contributed by atoms with E-state index in [4.69, 9.17) is 9.47 Å². The van der Waals surface area contributed by atoms with Crippen LogP contribution in [0.25, 0.3) is 0 Å². The molecule has 1 N–H and O–H groups in total. The number of benzene rings is 1. The van der Waals surface area contributed by atoms with Crippen molar-refractivity contribution in [3.8, 4) is 11.6 Å². The molecule has 0 radical (unpaired) electrons. The Kier molecular flexibility index (Phi) is 8.87. The third kappa shape index (κ3) is 7.18. The number of carbonyl (C=O) groups is 2. The van der Waals surface area contributed by atoms with Crippen molar-refractivity contribution in [2.75, 3.05) is 36.6 Å². The molecule has 0 bridgehead atoms. The molecule has 1 aromatic carbocycles. The first-order valence-corrected chi connectivity index (χ1v) is 15.6. The minimum Gasteiger partial charge on any atom is -0.497 e. The van der Waals surface area contributed by atoms with Crippen molar-refractivity contribution in [3.63, 3.8) is 0 Å². The predicted octanol–water partition coefficient (Wildman–Crippen LogP) is 6.19. The van der Waals surface area contributed by atoms with Gasteiger partial charge >= 0.3 is 5.97 Å². The van der Waals surface area contributed by atoms with E-state index in [1.165, 1.54) is 4.90 Å². The van der Waals surface area contributed by atoms with Crippen LogP contribution in [0.2, 0.25) is 0 Å². The van der Waals surface area contributed by atoms with Gasteiger partial charge in [0.2, 0.25) is 5.88 Å². The van der Waals surface area contributed by atoms with Gasteiger partial charge in [0.25, 0.3) is 11.8 Å². The van der Waals surface area contributed by atoms with Crippen LogP contribution in [0, 0.1) is 11.8 Å². The number of amides is 1. The molecule has 1 aliphatic heterocycles. The highest BCUT2D eigenvalue weighted by Gasteiger charge is 2.50. The van der Waals surface area contributed by atoms with Crippen LogP contribution in [0.5, 0.6) is 11.6 Å². The van der Waals surface area contributed by atoms with Gasteiger partial charge in [0.15, 0.2) is 0 Å². The summed E-state index contributed by atoms with van der Waals surface area (Å²) >= 11 is 0. The highest BCUT2D eigenvalue weighted by atomic mass is 19.3. The van der Waals surface area contributed by atoms with E-state index in [1.54, 1.807) is 49.8 Å². The lowest BCUT2D eigenvalue weighted by Crippen LogP contribution is -2.53. The summed E-state index contributed by atoms with van der Waals surface area (Å²) in [5.74, 6) is -1.86. The Balaban J connectivity index is 1.13. The maximum atomic E-state index is 14.1. The van der Waals surface area contributed by atoms with Gasteiger partial charge in [0.05, 0.1) is 37.4 Å². The van der Waals surface area contributed by atoms with Gasteiger partial charge in [-0.1, -0.05) is 6.07 Å². The zero-order chi connectivity index (χ0) is 31.6. The summed E-state index contributed by atoms with van der Waals surface area (Å²) in [6, 6.07) is 13.5. The summed E-state index contributed by atoms with van der Waals surface area (Å²) in [7, 11) is 1.57. The number of anilines is 2. The van der Waals surface area contributed by atoms with Crippen LogP contribution in [0.3, 0.4) is 0 Å². The molecule has 3 aromatic rings. The average Bonchev–Trinajstić information content (AvgIpc) is 3.88. The highest BCUT2D eigenvalue weighted by molar-refractivity contribution is 6.10. The molecule has 11 heteroatoms. The smallest absolute Gasteiger partial charge is 0.303 e. The number of aliphatic carboxylic acids is 1. The minimum absolute atomic E-state index is 0.0229. The first kappa shape index (κ1) is 30.7. The van der Waals surface area contributed by atoms with Gasteiger partial charge in [-0.05, 0) is 79.3 Å². The second kappa shape index (κ2) is 13.0. The molecule has 2 aliphatic carbocycles. The molecular formula is C34H38F2N4O5. The van der Waals surface area contributed by atoms with Crippen molar-refractivity contribution in [1.29, 1.82) is 0 Å². The lowest BCUT2D eigenvalue weighted by molar-refractivity contribution is -0.137. The van der Waals surface area contributed by atoms with E-state index in [-0.39, 0.29) is 24.2 Å². The number of halogens is 2. The van der Waals surface area contributed by atoms with Gasteiger partial charge in [-0.2, -0.15) is 0 Å². The Morgan fingerprint density at radius 1 is 1.04 bits per heavy atom. The molecule has 0 spiro atoms. The lowest BCUT2D eigenvalue weighted by Gasteiger charge is -2.42. The quantitative estimate of drug-likeness (QED) is 0.256. The Hall–Kier alpha value is -4.28. The van der Waals surface area contributed by atoms with Gasteiger partial charge in [-0.3, -0.25) is 14.5 Å². The van der Waals surface area contributed by atoms with Crippen LogP contribution < -0.4 is 19.3 Å². The molecular weight excluding hydrogens is 582 g/mol. The van der Waals surface area contributed by atoms with E-state index in [9.17, 15) is 23.5 Å². The number of hydrogen-bond donors (Lipinski definition) is 1. The number of alkyl halides is 2. The number of hydrogen-bond acceptors (Lipinski definition) is 7. The predicted molar refractivity (Wildman–Crippen MR) is 164 cm³/mol. The first-order valence-electron chi connectivity index (χ1n) is 15.6. The number of carboxylic acid groups (broad SMARTS) is 1. The molecule has 2 saturated carbocycles. The number of carboxylic acids is 1. The second-order valence-electron chi connectivity index (χ2n) is 12.4. The van der Waals surface area contributed by atoms with Gasteiger partial charge < -0.3 is 19.5 Å². The van der Waals surface area contributed by atoms with Gasteiger partial charge in [0.1, 0.15) is 11.6 Å². The average molecular weight is 621 g/mol. The molecule has 2 aromatic heterocycles. The van der Waals surface area contributed by atoms with Crippen LogP contribution in [0.4, 0.5) is 20.3 Å². The molecule has 3 aliphatic rings. The molecule has 6 rings (SSSR count). The molecule has 45 heavy (non-hydrogen) atoms. The number of carbonyl (C=O) groups excluding carboxylic acids is 1. The van der Waals surface area contributed by atoms with Gasteiger partial charge in [-0.15, -0.1) is 0 Å². The van der Waals surface area contributed by atoms with Crippen LogP contribution in [0.15, 0.2) is 60.9 Å². The van der Waals surface area contributed by atoms with E-state index >= 15 is 0 Å². The fourth-order valence-corrected chi connectivity index (χ4v) is 6.50. The number of aromatic nitrogens is 2. The standard InChI is InChI=1S/C34H38F2N4O5/c1-44-26-7-8-27(33(43)40(25-19-34(35,36)20-25)30-4-2-3-12-37-30)29(17-26)39-14-10-22(11-15-39)21-45-31-16-24(9-13-38-31)28(18-32(41)42)23-5-6-23/h2-4,7-9,12-13,16-17,22-23,25,28H,5-6,10-11,14-15,18-21H2,1H3,(H,41,42). The third-order valence-electron chi connectivity index (χ3n) is 9.18. The Bertz CT molecular complexity index is 1500. The molecule has 1 unspecified atom stereocenters. The highest BCUT2D eigenvalue weighted by Crippen LogP contribution is 2.45. The van der Waals surface area contributed by atoms with E-state index in [0.717, 1.165) is 31.2 Å². The summed E-state index contributed by atoms with van der Waals surface area (Å²) in [5, 5.41) is 9.37. The van der Waals surface area contributed by atoms with E-state index < -0.39 is 30.8 Å². The van der Waals surface area contributed by atoms with E-state index in [0.29, 0.717) is 54.3 Å². The third-order valence-corrected chi connectivity index (χ3v) is 9.18. The van der Waals surface area contributed by atoms with Crippen molar-refractivity contribution >= 4 is 23.4 Å². The van der Waals surface area contributed by atoms with Crippen molar-refractivity contribution < 1.29 is 33.0 Å². The van der Waals surface area contributed by atoms with Crippen LogP contribution in [0.1, 0.15) is 66.8 Å². The summed E-state index contributed by atoms with van der Waals surface area (Å²) in [4.78, 5) is 37.7. The Morgan fingerprint density at radius 2 is 1.82 bits per heavy atom. The number of nitrogens with zero attached hydrogens (tertiary/aromatic N) is 4. The zero-order valence-corrected chi connectivity index (χ0v) is 25.3. The Morgan fingerprint density at radius 3 is 2.47 bits per heavy atom. The first-order chi connectivity index (χ1) is 21.7. The summed E-state index contributed by atoms with van der Waals surface area (Å²) in [6.45, 7) is 1.81. The number of pyridine rings is 2. The van der Waals surface area contributed by atoms with Crippen molar-refractivity contribution in [1.82, 2.24) is 9.97 Å². The van der Waals surface area contributed by atoms with E-state index in [1.807, 2.05) is 18.2 Å². The van der Waals surface area contributed by atoms with Crippen LogP contribution in [-0.4, -0.2) is 65.7 Å². The number of rotatable bonds is 12. The van der Waals surface area contributed by atoms with Crippen molar-refractivity contribution in [3.05, 3.63) is 72.1 Å². The number of piperidine rings is 1. The minimum atomic E-state index is -2.79. The van der Waals surface area contributed by atoms with Crippen molar-refractivity contribution in [2.24, 2.45) is 11.8 Å². The Labute approximate surface area is 261 Å². The number of methoxy groups -OCH3 is 1. The summed E-state index contributed by atoms with van der Waals surface area (Å²) in [5.41, 5.74) is 2.07. The SMILES string of the molecule is COc1ccc(C(=O)N(c2ccccn2)C2CC(F)(F)C2)c(N2CCC(COc3cc(C(CC(=O)O)C4CC4)ccn3)CC2)c1. The van der Waals surface area contributed by atoms with E-state index in [2.05, 4.69) is 14.9 Å². The summed E-state index contributed by atoms with van der Waals surface area (Å²) < 4.78 is 39.4. The maximum absolute atomic E-state index is 14.1.